The van der Waals surface area contributed by atoms with Crippen molar-refractivity contribution in [2.75, 3.05) is 18.1 Å². The molecule has 0 radical (unpaired) electrons. The maximum Gasteiger partial charge on any atom is 0.266 e. The topological polar surface area (TPSA) is 80.0 Å². The summed E-state index contributed by atoms with van der Waals surface area (Å²) in [4.78, 5) is 16.0. The SMILES string of the molecule is C#CC(C)NC(=O)c1sc(NC)nc1N. The number of nitrogens with zero attached hydrogens (tertiary/aromatic N) is 1. The van der Waals surface area contributed by atoms with Gasteiger partial charge in [-0.05, 0) is 6.92 Å². The molecular weight excluding hydrogens is 212 g/mol. The third-order valence-electron chi connectivity index (χ3n) is 1.67. The van der Waals surface area contributed by atoms with Crippen LogP contribution in [-0.2, 0) is 0 Å². The molecule has 1 atom stereocenters. The molecule has 1 amide bonds. The highest BCUT2D eigenvalue weighted by molar-refractivity contribution is 7.18. The van der Waals surface area contributed by atoms with Crippen molar-refractivity contribution >= 4 is 28.2 Å². The molecule has 0 aliphatic heterocycles. The Labute approximate surface area is 92.1 Å². The smallest absolute Gasteiger partial charge is 0.266 e. The van der Waals surface area contributed by atoms with Gasteiger partial charge in [0.15, 0.2) is 5.13 Å². The van der Waals surface area contributed by atoms with Crippen LogP contribution in [0.2, 0.25) is 0 Å². The van der Waals surface area contributed by atoms with Crippen molar-refractivity contribution in [3.8, 4) is 12.3 Å². The quantitative estimate of drug-likeness (QED) is 0.654. The zero-order valence-corrected chi connectivity index (χ0v) is 9.31. The number of aromatic nitrogens is 1. The van der Waals surface area contributed by atoms with Gasteiger partial charge in [0.05, 0.1) is 6.04 Å². The van der Waals surface area contributed by atoms with Gasteiger partial charge >= 0.3 is 0 Å². The molecule has 1 heterocycles. The predicted molar refractivity (Wildman–Crippen MR) is 61.8 cm³/mol. The third kappa shape index (κ3) is 2.60. The minimum atomic E-state index is -0.322. The Kier molecular flexibility index (Phi) is 3.52. The third-order valence-corrected chi connectivity index (χ3v) is 2.76. The normalized spacial score (nSPS) is 11.5. The van der Waals surface area contributed by atoms with Crippen LogP contribution in [0.3, 0.4) is 0 Å². The highest BCUT2D eigenvalue weighted by Gasteiger charge is 2.16. The minimum absolute atomic E-state index is 0.214. The lowest BCUT2D eigenvalue weighted by Gasteiger charge is -2.05. The number of carbonyl (C=O) groups excluding carboxylic acids is 1. The molecule has 0 fully saturated rings. The summed E-state index contributed by atoms with van der Waals surface area (Å²) in [5, 5.41) is 6.03. The van der Waals surface area contributed by atoms with Crippen molar-refractivity contribution in [2.45, 2.75) is 13.0 Å². The number of hydrogen-bond donors (Lipinski definition) is 3. The van der Waals surface area contributed by atoms with Crippen LogP contribution in [0.5, 0.6) is 0 Å². The van der Waals surface area contributed by atoms with Crippen LogP contribution in [0.4, 0.5) is 10.9 Å². The van der Waals surface area contributed by atoms with Gasteiger partial charge in [-0.3, -0.25) is 4.79 Å². The fourth-order valence-electron chi connectivity index (χ4n) is 0.905. The summed E-state index contributed by atoms with van der Waals surface area (Å²) >= 11 is 1.19. The number of rotatable bonds is 3. The van der Waals surface area contributed by atoms with Crippen LogP contribution in [0.1, 0.15) is 16.6 Å². The first kappa shape index (κ1) is 11.3. The van der Waals surface area contributed by atoms with Gasteiger partial charge in [0.25, 0.3) is 5.91 Å². The number of terminal acetylenes is 1. The summed E-state index contributed by atoms with van der Waals surface area (Å²) in [6.07, 6.45) is 5.15. The van der Waals surface area contributed by atoms with E-state index in [0.717, 1.165) is 0 Å². The molecule has 80 valence electrons. The van der Waals surface area contributed by atoms with E-state index in [4.69, 9.17) is 12.2 Å². The largest absolute Gasteiger partial charge is 0.382 e. The van der Waals surface area contributed by atoms with E-state index in [2.05, 4.69) is 21.5 Å². The highest BCUT2D eigenvalue weighted by atomic mass is 32.1. The summed E-state index contributed by atoms with van der Waals surface area (Å²) < 4.78 is 0. The molecule has 1 aromatic heterocycles. The second-order valence-corrected chi connectivity index (χ2v) is 3.84. The zero-order chi connectivity index (χ0) is 11.4. The van der Waals surface area contributed by atoms with Crippen LogP contribution in [0, 0.1) is 12.3 Å². The number of nitrogen functional groups attached to an aromatic ring is 1. The van der Waals surface area contributed by atoms with Gasteiger partial charge in [-0.1, -0.05) is 17.3 Å². The van der Waals surface area contributed by atoms with E-state index in [-0.39, 0.29) is 17.8 Å². The van der Waals surface area contributed by atoms with E-state index in [0.29, 0.717) is 10.0 Å². The Morgan fingerprint density at radius 2 is 2.40 bits per heavy atom. The lowest BCUT2D eigenvalue weighted by molar-refractivity contribution is 0.0953. The fourth-order valence-corrected chi connectivity index (χ4v) is 1.65. The minimum Gasteiger partial charge on any atom is -0.382 e. The van der Waals surface area contributed by atoms with Gasteiger partial charge < -0.3 is 16.4 Å². The standard InChI is InChI=1S/C9H12N4OS/c1-4-5(2)12-8(14)6-7(10)13-9(11-3)15-6/h1,5H,10H2,2-3H3,(H,11,13)(H,12,14). The number of carbonyl (C=O) groups is 1. The Morgan fingerprint density at radius 3 is 2.87 bits per heavy atom. The average Bonchev–Trinajstić information content (AvgIpc) is 2.59. The van der Waals surface area contributed by atoms with Crippen molar-refractivity contribution in [1.82, 2.24) is 10.3 Å². The Hall–Kier alpha value is -1.74. The first-order valence-corrected chi connectivity index (χ1v) is 5.11. The molecule has 0 aliphatic carbocycles. The number of amides is 1. The van der Waals surface area contributed by atoms with Gasteiger partial charge in [-0.15, -0.1) is 6.42 Å². The fraction of sp³-hybridized carbons (Fsp3) is 0.333. The number of anilines is 2. The van der Waals surface area contributed by atoms with Crippen LogP contribution >= 0.6 is 11.3 Å². The first-order valence-electron chi connectivity index (χ1n) is 4.29. The maximum absolute atomic E-state index is 11.6. The first-order chi connectivity index (χ1) is 7.08. The molecule has 0 saturated heterocycles. The summed E-state index contributed by atoms with van der Waals surface area (Å²) in [7, 11) is 1.71. The van der Waals surface area contributed by atoms with Crippen molar-refractivity contribution < 1.29 is 4.79 Å². The molecule has 0 aliphatic rings. The number of thiazole rings is 1. The van der Waals surface area contributed by atoms with Crippen LogP contribution in [0.15, 0.2) is 0 Å². The highest BCUT2D eigenvalue weighted by Crippen LogP contribution is 2.24. The second-order valence-electron chi connectivity index (χ2n) is 2.85. The van der Waals surface area contributed by atoms with Gasteiger partial charge in [0, 0.05) is 7.05 Å². The van der Waals surface area contributed by atoms with Gasteiger partial charge in [-0.25, -0.2) is 4.98 Å². The van der Waals surface area contributed by atoms with Crippen molar-refractivity contribution in [2.24, 2.45) is 0 Å². The molecule has 0 bridgehead atoms. The van der Waals surface area contributed by atoms with Gasteiger partial charge in [-0.2, -0.15) is 0 Å². The molecule has 1 unspecified atom stereocenters. The van der Waals surface area contributed by atoms with Crippen molar-refractivity contribution in [3.63, 3.8) is 0 Å². The van der Waals surface area contributed by atoms with E-state index in [1.54, 1.807) is 14.0 Å². The number of hydrogen-bond acceptors (Lipinski definition) is 5. The lowest BCUT2D eigenvalue weighted by atomic mass is 10.3. The van der Waals surface area contributed by atoms with E-state index in [1.165, 1.54) is 11.3 Å². The molecule has 0 aromatic carbocycles. The molecular formula is C9H12N4OS. The molecule has 1 rings (SSSR count). The molecule has 0 saturated carbocycles. The molecule has 6 heteroatoms. The molecule has 15 heavy (non-hydrogen) atoms. The zero-order valence-electron chi connectivity index (χ0n) is 8.50. The van der Waals surface area contributed by atoms with Crippen LogP contribution < -0.4 is 16.4 Å². The molecule has 1 aromatic rings. The van der Waals surface area contributed by atoms with Crippen LogP contribution in [-0.4, -0.2) is 24.0 Å². The van der Waals surface area contributed by atoms with Crippen molar-refractivity contribution in [3.05, 3.63) is 4.88 Å². The maximum atomic E-state index is 11.6. The summed E-state index contributed by atoms with van der Waals surface area (Å²) in [6.45, 7) is 1.72. The Morgan fingerprint density at radius 1 is 1.73 bits per heavy atom. The summed E-state index contributed by atoms with van der Waals surface area (Å²) in [5.74, 6) is 2.32. The van der Waals surface area contributed by atoms with E-state index < -0.39 is 0 Å². The number of nitrogens with one attached hydrogen (secondary N) is 2. The van der Waals surface area contributed by atoms with Crippen LogP contribution in [0.25, 0.3) is 0 Å². The lowest BCUT2D eigenvalue weighted by Crippen LogP contribution is -2.31. The Bertz CT molecular complexity index is 407. The average molecular weight is 224 g/mol. The van der Waals surface area contributed by atoms with Gasteiger partial charge in [0.2, 0.25) is 0 Å². The summed E-state index contributed by atoms with van der Waals surface area (Å²) in [6, 6.07) is -0.322. The Balaban J connectivity index is 2.82. The van der Waals surface area contributed by atoms with Crippen molar-refractivity contribution in [1.29, 1.82) is 0 Å². The predicted octanol–water partition coefficient (Wildman–Crippen LogP) is 0.518. The van der Waals surface area contributed by atoms with Gasteiger partial charge in [0.1, 0.15) is 10.7 Å². The molecule has 5 nitrogen and oxygen atoms in total. The second kappa shape index (κ2) is 4.66. The number of nitrogens with two attached hydrogens (primary N) is 1. The monoisotopic (exact) mass is 224 g/mol. The van der Waals surface area contributed by atoms with E-state index >= 15 is 0 Å². The summed E-state index contributed by atoms with van der Waals surface area (Å²) in [5.41, 5.74) is 5.58. The van der Waals surface area contributed by atoms with E-state index in [9.17, 15) is 4.79 Å². The molecule has 4 N–H and O–H groups in total. The molecule has 0 spiro atoms. The van der Waals surface area contributed by atoms with E-state index in [1.807, 2.05) is 0 Å².